The maximum absolute atomic E-state index is 11.8. The van der Waals surface area contributed by atoms with Gasteiger partial charge in [-0.05, 0) is 23.7 Å². The number of halogens is 4. The number of hydrogen-bond acceptors (Lipinski definition) is 2. The molecule has 15 heavy (non-hydrogen) atoms. The normalized spacial score (nSPS) is 10.7. The Hall–Kier alpha value is -1.40. The van der Waals surface area contributed by atoms with Crippen molar-refractivity contribution in [3.05, 3.63) is 33.1 Å². The van der Waals surface area contributed by atoms with Crippen LogP contribution in [0.25, 0.3) is 10.4 Å². The molecule has 1 rings (SSSR count). The first-order chi connectivity index (χ1) is 6.90. The summed E-state index contributed by atoms with van der Waals surface area (Å²) in [6, 6.07) is 3.46. The Kier molecular flexibility index (Phi) is 3.43. The van der Waals surface area contributed by atoms with Crippen LogP contribution in [-0.4, -0.2) is 6.36 Å². The van der Waals surface area contributed by atoms with E-state index in [0.717, 1.165) is 12.1 Å². The molecule has 1 aromatic rings. The van der Waals surface area contributed by atoms with Crippen LogP contribution in [0.2, 0.25) is 0 Å². The molecule has 0 radical (unpaired) electrons. The molecule has 0 aliphatic heterocycles. The van der Waals surface area contributed by atoms with E-state index in [0.29, 0.717) is 4.47 Å². The van der Waals surface area contributed by atoms with E-state index in [1.54, 1.807) is 0 Å². The Morgan fingerprint density at radius 2 is 2.00 bits per heavy atom. The second-order valence-corrected chi connectivity index (χ2v) is 3.30. The fraction of sp³-hybridized carbons (Fsp3) is 0.143. The first-order valence-corrected chi connectivity index (χ1v) is 4.31. The molecule has 0 saturated carbocycles. The number of ether oxygens (including phenoxy) is 1. The maximum Gasteiger partial charge on any atom is 0.573 e. The summed E-state index contributed by atoms with van der Waals surface area (Å²) in [6.45, 7) is 0. The van der Waals surface area contributed by atoms with Crippen LogP contribution in [0.5, 0.6) is 5.75 Å². The summed E-state index contributed by atoms with van der Waals surface area (Å²) in [6.07, 6.45) is -4.77. The summed E-state index contributed by atoms with van der Waals surface area (Å²) in [5.41, 5.74) is 8.15. The summed E-state index contributed by atoms with van der Waals surface area (Å²) in [4.78, 5) is 2.45. The fourth-order valence-corrected chi connectivity index (χ4v) is 1.31. The van der Waals surface area contributed by atoms with Crippen molar-refractivity contribution in [2.24, 2.45) is 5.11 Å². The first kappa shape index (κ1) is 11.7. The predicted octanol–water partition coefficient (Wildman–Crippen LogP) is 4.29. The van der Waals surface area contributed by atoms with Gasteiger partial charge in [0.25, 0.3) is 0 Å². The van der Waals surface area contributed by atoms with Crippen LogP contribution in [-0.2, 0) is 0 Å². The number of hydrogen-bond donors (Lipinski definition) is 0. The van der Waals surface area contributed by atoms with E-state index in [4.69, 9.17) is 5.53 Å². The van der Waals surface area contributed by atoms with E-state index in [-0.39, 0.29) is 5.69 Å². The monoisotopic (exact) mass is 281 g/mol. The van der Waals surface area contributed by atoms with Crippen molar-refractivity contribution in [1.82, 2.24) is 0 Å². The zero-order valence-electron chi connectivity index (χ0n) is 6.99. The standard InChI is InChI=1S/C7H3BrF3N3O/c8-4-1-5(13-14-12)3-6(2-4)15-7(9,10)11/h1-3H. The Bertz CT molecular complexity index is 414. The van der Waals surface area contributed by atoms with Gasteiger partial charge in [-0.2, -0.15) is 0 Å². The van der Waals surface area contributed by atoms with Crippen molar-refractivity contribution in [3.63, 3.8) is 0 Å². The van der Waals surface area contributed by atoms with Crippen molar-refractivity contribution < 1.29 is 17.9 Å². The number of azide groups is 1. The number of nitrogens with zero attached hydrogens (tertiary/aromatic N) is 3. The molecule has 80 valence electrons. The van der Waals surface area contributed by atoms with Gasteiger partial charge in [-0.25, -0.2) is 0 Å². The average Bonchev–Trinajstić information content (AvgIpc) is 1.99. The van der Waals surface area contributed by atoms with E-state index in [1.807, 2.05) is 0 Å². The van der Waals surface area contributed by atoms with E-state index in [2.05, 4.69) is 30.7 Å². The largest absolute Gasteiger partial charge is 0.573 e. The Morgan fingerprint density at radius 3 is 2.53 bits per heavy atom. The molecule has 0 atom stereocenters. The number of benzene rings is 1. The Balaban J connectivity index is 3.04. The molecule has 0 aliphatic rings. The predicted molar refractivity (Wildman–Crippen MR) is 49.6 cm³/mol. The highest BCUT2D eigenvalue weighted by molar-refractivity contribution is 9.10. The molecule has 0 aliphatic carbocycles. The minimum atomic E-state index is -4.77. The third-order valence-electron chi connectivity index (χ3n) is 1.25. The van der Waals surface area contributed by atoms with E-state index in [1.165, 1.54) is 6.07 Å². The Morgan fingerprint density at radius 1 is 1.33 bits per heavy atom. The van der Waals surface area contributed by atoms with Crippen LogP contribution in [0.3, 0.4) is 0 Å². The first-order valence-electron chi connectivity index (χ1n) is 3.52. The van der Waals surface area contributed by atoms with Crippen molar-refractivity contribution in [1.29, 1.82) is 0 Å². The molecule has 0 saturated heterocycles. The lowest BCUT2D eigenvalue weighted by Gasteiger charge is -2.09. The molecule has 0 aromatic heterocycles. The number of rotatable bonds is 2. The highest BCUT2D eigenvalue weighted by Crippen LogP contribution is 2.30. The Labute approximate surface area is 90.4 Å². The maximum atomic E-state index is 11.8. The zero-order valence-corrected chi connectivity index (χ0v) is 8.58. The highest BCUT2D eigenvalue weighted by atomic mass is 79.9. The molecule has 0 spiro atoms. The number of alkyl halides is 3. The SMILES string of the molecule is [N-]=[N+]=Nc1cc(Br)cc(OC(F)(F)F)c1. The molecule has 4 nitrogen and oxygen atoms in total. The van der Waals surface area contributed by atoms with Crippen LogP contribution in [0.1, 0.15) is 0 Å². The molecule has 0 heterocycles. The van der Waals surface area contributed by atoms with Gasteiger partial charge in [-0.1, -0.05) is 21.0 Å². The van der Waals surface area contributed by atoms with Gasteiger partial charge in [0.15, 0.2) is 0 Å². The summed E-state index contributed by atoms with van der Waals surface area (Å²) in [7, 11) is 0. The van der Waals surface area contributed by atoms with Crippen molar-refractivity contribution in [2.75, 3.05) is 0 Å². The van der Waals surface area contributed by atoms with Crippen LogP contribution in [0, 0.1) is 0 Å². The molecule has 0 unspecified atom stereocenters. The lowest BCUT2D eigenvalue weighted by Crippen LogP contribution is -2.16. The summed E-state index contributed by atoms with van der Waals surface area (Å²) in [5, 5.41) is 3.16. The molecular weight excluding hydrogens is 279 g/mol. The molecular formula is C7H3BrF3N3O. The second kappa shape index (κ2) is 4.41. The fourth-order valence-electron chi connectivity index (χ4n) is 0.850. The third kappa shape index (κ3) is 4.09. The van der Waals surface area contributed by atoms with E-state index < -0.39 is 12.1 Å². The van der Waals surface area contributed by atoms with Crippen molar-refractivity contribution in [2.45, 2.75) is 6.36 Å². The molecule has 8 heteroatoms. The lowest BCUT2D eigenvalue weighted by atomic mass is 10.3. The quantitative estimate of drug-likeness (QED) is 0.453. The van der Waals surface area contributed by atoms with E-state index >= 15 is 0 Å². The minimum Gasteiger partial charge on any atom is -0.406 e. The van der Waals surface area contributed by atoms with Gasteiger partial charge in [0.2, 0.25) is 0 Å². The minimum absolute atomic E-state index is 0.0334. The third-order valence-corrected chi connectivity index (χ3v) is 1.71. The highest BCUT2D eigenvalue weighted by Gasteiger charge is 2.31. The van der Waals surface area contributed by atoms with Crippen LogP contribution in [0.15, 0.2) is 27.8 Å². The van der Waals surface area contributed by atoms with E-state index in [9.17, 15) is 13.2 Å². The molecule has 0 fully saturated rings. The zero-order chi connectivity index (χ0) is 11.5. The van der Waals surface area contributed by atoms with Gasteiger partial charge < -0.3 is 4.74 Å². The van der Waals surface area contributed by atoms with Gasteiger partial charge in [0, 0.05) is 15.1 Å². The van der Waals surface area contributed by atoms with Crippen molar-refractivity contribution in [3.8, 4) is 5.75 Å². The van der Waals surface area contributed by atoms with Gasteiger partial charge in [-0.3, -0.25) is 0 Å². The van der Waals surface area contributed by atoms with Gasteiger partial charge in [0.05, 0.1) is 0 Å². The lowest BCUT2D eigenvalue weighted by molar-refractivity contribution is -0.274. The molecule has 1 aromatic carbocycles. The second-order valence-electron chi connectivity index (χ2n) is 2.38. The van der Waals surface area contributed by atoms with Gasteiger partial charge in [-0.15, -0.1) is 13.2 Å². The van der Waals surface area contributed by atoms with Gasteiger partial charge >= 0.3 is 6.36 Å². The average molecular weight is 282 g/mol. The molecule has 0 amide bonds. The van der Waals surface area contributed by atoms with Crippen LogP contribution in [0.4, 0.5) is 18.9 Å². The summed E-state index contributed by atoms with van der Waals surface area (Å²) >= 11 is 2.96. The summed E-state index contributed by atoms with van der Waals surface area (Å²) < 4.78 is 39.5. The topological polar surface area (TPSA) is 58.0 Å². The molecule has 0 N–H and O–H groups in total. The van der Waals surface area contributed by atoms with Crippen LogP contribution < -0.4 is 4.74 Å². The summed E-state index contributed by atoms with van der Waals surface area (Å²) in [5.74, 6) is -0.445. The van der Waals surface area contributed by atoms with Crippen molar-refractivity contribution >= 4 is 21.6 Å². The van der Waals surface area contributed by atoms with Gasteiger partial charge in [0.1, 0.15) is 5.75 Å². The smallest absolute Gasteiger partial charge is 0.406 e. The van der Waals surface area contributed by atoms with Crippen LogP contribution >= 0.6 is 15.9 Å². The molecule has 0 bridgehead atoms.